The normalized spacial score (nSPS) is 17.4. The summed E-state index contributed by atoms with van der Waals surface area (Å²) in [6, 6.07) is 4.26. The number of amides is 1. The number of aryl methyl sites for hydroxylation is 3. The van der Waals surface area contributed by atoms with E-state index >= 15 is 0 Å². The third kappa shape index (κ3) is 4.73. The number of halogens is 1. The first-order valence-corrected chi connectivity index (χ1v) is 16.3. The summed E-state index contributed by atoms with van der Waals surface area (Å²) >= 11 is 3.96. The second kappa shape index (κ2) is 11.5. The zero-order chi connectivity index (χ0) is 31.4. The molecule has 0 spiro atoms. The van der Waals surface area contributed by atoms with E-state index < -0.39 is 0 Å². The number of Topliss-reactive ketones (excluding diaryl/α,β-unsaturated/α-hetero) is 1. The molecule has 44 heavy (non-hydrogen) atoms. The Balaban J connectivity index is 1.71. The lowest BCUT2D eigenvalue weighted by atomic mass is 9.85. The predicted octanol–water partition coefficient (Wildman–Crippen LogP) is 7.75. The van der Waals surface area contributed by atoms with Gasteiger partial charge in [0.15, 0.2) is 5.78 Å². The molecule has 0 radical (unpaired) electrons. The van der Waals surface area contributed by atoms with E-state index in [2.05, 4.69) is 83.9 Å². The number of nitrogens with zero attached hydrogens (tertiary/aromatic N) is 2. The van der Waals surface area contributed by atoms with Crippen molar-refractivity contribution < 1.29 is 9.59 Å². The average molecular weight is 653 g/mol. The number of terminal acetylenes is 1. The predicted molar refractivity (Wildman–Crippen MR) is 181 cm³/mol. The van der Waals surface area contributed by atoms with Crippen LogP contribution in [0.4, 0.5) is 0 Å². The van der Waals surface area contributed by atoms with Crippen molar-refractivity contribution in [1.29, 1.82) is 0 Å². The minimum atomic E-state index is -0.0819. The van der Waals surface area contributed by atoms with E-state index in [0.29, 0.717) is 12.8 Å². The molecule has 0 aromatic carbocycles. The number of hydrogen-bond donors (Lipinski definition) is 3. The van der Waals surface area contributed by atoms with Crippen molar-refractivity contribution >= 4 is 60.8 Å². The highest BCUT2D eigenvalue weighted by molar-refractivity contribution is 9.10. The van der Waals surface area contributed by atoms with Gasteiger partial charge in [0.05, 0.1) is 44.8 Å². The summed E-state index contributed by atoms with van der Waals surface area (Å²) in [5.74, 6) is 2.45. The van der Waals surface area contributed by atoms with Gasteiger partial charge in [0.1, 0.15) is 0 Å². The molecule has 3 aliphatic rings. The molecule has 226 valence electrons. The van der Waals surface area contributed by atoms with Crippen molar-refractivity contribution in [2.75, 3.05) is 6.54 Å². The van der Waals surface area contributed by atoms with Crippen LogP contribution in [0, 0.1) is 26.2 Å². The van der Waals surface area contributed by atoms with E-state index in [1.54, 1.807) is 0 Å². The van der Waals surface area contributed by atoms with Crippen LogP contribution >= 0.6 is 15.9 Å². The van der Waals surface area contributed by atoms with Crippen LogP contribution in [0.15, 0.2) is 16.6 Å². The molecule has 1 aliphatic carbocycles. The quantitative estimate of drug-likeness (QED) is 0.237. The monoisotopic (exact) mass is 651 g/mol. The molecule has 7 nitrogen and oxygen atoms in total. The second-order valence-corrected chi connectivity index (χ2v) is 12.9. The second-order valence-electron chi connectivity index (χ2n) is 12.1. The van der Waals surface area contributed by atoms with Gasteiger partial charge in [0, 0.05) is 46.8 Å². The first-order chi connectivity index (χ1) is 21.1. The number of aromatic amines is 2. The molecular formula is C36H38BrN5O2. The lowest BCUT2D eigenvalue weighted by Gasteiger charge is -2.17. The highest BCUT2D eigenvalue weighted by Crippen LogP contribution is 2.46. The molecule has 0 fully saturated rings. The highest BCUT2D eigenvalue weighted by Gasteiger charge is 2.37. The third-order valence-electron chi connectivity index (χ3n) is 9.73. The van der Waals surface area contributed by atoms with Gasteiger partial charge in [-0.1, -0.05) is 26.7 Å². The van der Waals surface area contributed by atoms with Gasteiger partial charge >= 0.3 is 0 Å². The average Bonchev–Trinajstić information content (AvgIpc) is 3.76. The largest absolute Gasteiger partial charge is 0.354 e. The minimum absolute atomic E-state index is 0.0117. The highest BCUT2D eigenvalue weighted by atomic mass is 79.9. The molecule has 1 amide bonds. The van der Waals surface area contributed by atoms with Crippen molar-refractivity contribution in [3.05, 3.63) is 67.2 Å². The minimum Gasteiger partial charge on any atom is -0.354 e. The molecule has 2 atom stereocenters. The van der Waals surface area contributed by atoms with Crippen LogP contribution in [0.2, 0.25) is 0 Å². The van der Waals surface area contributed by atoms with Gasteiger partial charge in [0.2, 0.25) is 5.91 Å². The molecule has 8 heteroatoms. The van der Waals surface area contributed by atoms with Gasteiger partial charge in [-0.15, -0.1) is 6.42 Å². The van der Waals surface area contributed by atoms with E-state index in [1.165, 1.54) is 22.3 Å². The Morgan fingerprint density at radius 3 is 2.48 bits per heavy atom. The van der Waals surface area contributed by atoms with E-state index in [4.69, 9.17) is 16.4 Å². The van der Waals surface area contributed by atoms with Crippen LogP contribution in [-0.2, 0) is 17.6 Å². The van der Waals surface area contributed by atoms with Crippen LogP contribution in [0.25, 0.3) is 33.2 Å². The smallest absolute Gasteiger partial charge is 0.220 e. The third-order valence-corrected chi connectivity index (χ3v) is 10.5. The Bertz CT molecular complexity index is 1990. The van der Waals surface area contributed by atoms with Crippen LogP contribution < -0.4 is 5.32 Å². The molecule has 3 aromatic heterocycles. The van der Waals surface area contributed by atoms with Gasteiger partial charge < -0.3 is 15.3 Å². The van der Waals surface area contributed by atoms with Gasteiger partial charge in [-0.2, -0.15) is 0 Å². The Labute approximate surface area is 266 Å². The fraction of sp³-hybridized carbons (Fsp3) is 0.389. The number of carbonyl (C=O) groups excluding carboxylic acids is 2. The summed E-state index contributed by atoms with van der Waals surface area (Å²) < 4.78 is 0.907. The van der Waals surface area contributed by atoms with Crippen molar-refractivity contribution in [2.45, 2.75) is 85.5 Å². The topological polar surface area (TPSA) is 104 Å². The zero-order valence-electron chi connectivity index (χ0n) is 26.2. The fourth-order valence-corrected chi connectivity index (χ4v) is 8.12. The van der Waals surface area contributed by atoms with Gasteiger partial charge in [0.25, 0.3) is 0 Å². The lowest BCUT2D eigenvalue weighted by molar-refractivity contribution is -0.121. The van der Waals surface area contributed by atoms with Crippen molar-refractivity contribution in [1.82, 2.24) is 25.3 Å². The first kappa shape index (κ1) is 30.1. The Kier molecular flexibility index (Phi) is 7.87. The van der Waals surface area contributed by atoms with Crippen LogP contribution in [0.5, 0.6) is 0 Å². The standard InChI is InChI=1S/C36H38BrN5O2/c1-8-13-38-30(44)12-11-23-19(6)34-32(37)33-18(5)22(10-3)28(41-33)15-25-17(4)21(9-2)27(39-25)16-26-20(7)31-29(43)14-24(35(23)42-34)36(31)40-26/h1,15-16,19,23,40-41H,9-14H2,2-7H3,(H,38,44)/t19-,23-/m0/s1. The molecule has 3 aromatic rings. The van der Waals surface area contributed by atoms with E-state index in [0.717, 1.165) is 78.8 Å². The number of hydrogen-bond acceptors (Lipinski definition) is 4. The Morgan fingerprint density at radius 2 is 1.77 bits per heavy atom. The molecule has 3 N–H and O–H groups in total. The molecule has 0 unspecified atom stereocenters. The summed E-state index contributed by atoms with van der Waals surface area (Å²) in [5, 5.41) is 2.79. The van der Waals surface area contributed by atoms with Crippen molar-refractivity contribution in [3.63, 3.8) is 0 Å². The van der Waals surface area contributed by atoms with Crippen LogP contribution in [-0.4, -0.2) is 38.2 Å². The summed E-state index contributed by atoms with van der Waals surface area (Å²) in [6.45, 7) is 13.0. The van der Waals surface area contributed by atoms with Gasteiger partial charge in [-0.25, -0.2) is 4.98 Å². The maximum absolute atomic E-state index is 13.6. The van der Waals surface area contributed by atoms with Gasteiger partial charge in [-0.05, 0) is 95.9 Å². The number of ketones is 1. The summed E-state index contributed by atoms with van der Waals surface area (Å²) in [7, 11) is 0. The number of allylic oxidation sites excluding steroid dienone is 2. The molecule has 0 saturated heterocycles. The number of H-pyrrole nitrogens is 2. The summed E-state index contributed by atoms with van der Waals surface area (Å²) in [6.07, 6.45) is 8.29. The fourth-order valence-electron chi connectivity index (χ4n) is 7.27. The Hall–Kier alpha value is -3.96. The van der Waals surface area contributed by atoms with Crippen LogP contribution in [0.1, 0.15) is 114 Å². The zero-order valence-corrected chi connectivity index (χ0v) is 27.8. The summed E-state index contributed by atoms with van der Waals surface area (Å²) in [4.78, 5) is 43.9. The number of rotatable bonds is 6. The maximum Gasteiger partial charge on any atom is 0.220 e. The van der Waals surface area contributed by atoms with Gasteiger partial charge in [-0.3, -0.25) is 14.6 Å². The van der Waals surface area contributed by atoms with E-state index in [-0.39, 0.29) is 36.5 Å². The molecular weight excluding hydrogens is 614 g/mol. The SMILES string of the molecule is C#CCNC(=O)CC[C@@H]1c2nc(c(Br)c3[nH]c(cc4nc(cc5[nH]c6c2CC(=O)c6c5C)C(CC)=C4C)c(CC)c3C)[C@H]1C. The molecule has 2 aliphatic heterocycles. The lowest BCUT2D eigenvalue weighted by Crippen LogP contribution is -2.24. The first-order valence-electron chi connectivity index (χ1n) is 15.5. The number of fused-ring (bicyclic) bond motifs is 8. The van der Waals surface area contributed by atoms with E-state index in [1.807, 2.05) is 6.92 Å². The van der Waals surface area contributed by atoms with Crippen molar-refractivity contribution in [3.8, 4) is 12.3 Å². The molecule has 6 rings (SSSR count). The number of nitrogens with one attached hydrogen (secondary N) is 3. The number of aromatic nitrogens is 4. The van der Waals surface area contributed by atoms with Crippen LogP contribution in [0.3, 0.4) is 0 Å². The molecule has 0 saturated carbocycles. The molecule has 5 heterocycles. The Morgan fingerprint density at radius 1 is 1.05 bits per heavy atom. The maximum atomic E-state index is 13.6. The van der Waals surface area contributed by atoms with E-state index in [9.17, 15) is 9.59 Å². The molecule has 8 bridgehead atoms. The number of carbonyl (C=O) groups is 2. The summed E-state index contributed by atoms with van der Waals surface area (Å²) in [5.41, 5.74) is 14.8. The van der Waals surface area contributed by atoms with Crippen molar-refractivity contribution in [2.24, 2.45) is 0 Å².